The number of aromatic nitrogens is 1. The molecular weight excluding hydrogens is 242 g/mol. The van der Waals surface area contributed by atoms with Crippen molar-refractivity contribution in [3.05, 3.63) is 12.3 Å². The SMILES string of the molecule is COC(=O)C(C)Sc1cnc(OC)c(OC)c1. The quantitative estimate of drug-likeness (QED) is 0.591. The first kappa shape index (κ1) is 13.6. The zero-order valence-corrected chi connectivity index (χ0v) is 11.0. The van der Waals surface area contributed by atoms with Crippen molar-refractivity contribution in [2.75, 3.05) is 21.3 Å². The summed E-state index contributed by atoms with van der Waals surface area (Å²) in [4.78, 5) is 16.2. The van der Waals surface area contributed by atoms with Crippen LogP contribution in [-0.4, -0.2) is 37.5 Å². The molecule has 6 heteroatoms. The maximum atomic E-state index is 11.3. The predicted molar refractivity (Wildman–Crippen MR) is 64.7 cm³/mol. The van der Waals surface area contributed by atoms with Crippen LogP contribution >= 0.6 is 11.8 Å². The van der Waals surface area contributed by atoms with Crippen LogP contribution in [0.15, 0.2) is 17.2 Å². The lowest BCUT2D eigenvalue weighted by atomic mass is 10.4. The first-order chi connectivity index (χ1) is 8.12. The van der Waals surface area contributed by atoms with Crippen molar-refractivity contribution >= 4 is 17.7 Å². The highest BCUT2D eigenvalue weighted by Crippen LogP contribution is 2.31. The molecule has 1 atom stereocenters. The van der Waals surface area contributed by atoms with E-state index >= 15 is 0 Å². The van der Waals surface area contributed by atoms with E-state index < -0.39 is 0 Å². The standard InChI is InChI=1S/C11H15NO4S/c1-7(11(13)16-4)17-8-5-9(14-2)10(15-3)12-6-8/h5-7H,1-4H3. The molecule has 0 bridgehead atoms. The molecule has 1 aromatic heterocycles. The highest BCUT2D eigenvalue weighted by Gasteiger charge is 2.16. The molecule has 1 unspecified atom stereocenters. The van der Waals surface area contributed by atoms with Crippen LogP contribution in [0.1, 0.15) is 6.92 Å². The number of ether oxygens (including phenoxy) is 3. The molecule has 1 aromatic rings. The molecular formula is C11H15NO4S. The Morgan fingerprint density at radius 1 is 1.35 bits per heavy atom. The van der Waals surface area contributed by atoms with Crippen LogP contribution in [0.25, 0.3) is 0 Å². The van der Waals surface area contributed by atoms with E-state index in [1.54, 1.807) is 19.2 Å². The number of hydrogen-bond acceptors (Lipinski definition) is 6. The number of esters is 1. The van der Waals surface area contributed by atoms with Gasteiger partial charge in [0.05, 0.1) is 21.3 Å². The van der Waals surface area contributed by atoms with Crippen molar-refractivity contribution in [2.45, 2.75) is 17.1 Å². The summed E-state index contributed by atoms with van der Waals surface area (Å²) < 4.78 is 14.8. The molecule has 0 aliphatic rings. The summed E-state index contributed by atoms with van der Waals surface area (Å²) in [5, 5.41) is -0.292. The summed E-state index contributed by atoms with van der Waals surface area (Å²) in [5.74, 6) is 0.682. The Morgan fingerprint density at radius 2 is 2.06 bits per heavy atom. The molecule has 0 aromatic carbocycles. The first-order valence-corrected chi connectivity index (χ1v) is 5.82. The minimum absolute atomic E-state index is 0.273. The van der Waals surface area contributed by atoms with Crippen molar-refractivity contribution in [1.82, 2.24) is 4.98 Å². The van der Waals surface area contributed by atoms with Crippen molar-refractivity contribution in [3.8, 4) is 11.6 Å². The van der Waals surface area contributed by atoms with Crippen molar-refractivity contribution in [3.63, 3.8) is 0 Å². The van der Waals surface area contributed by atoms with Gasteiger partial charge in [-0.1, -0.05) is 0 Å². The zero-order valence-electron chi connectivity index (χ0n) is 10.2. The van der Waals surface area contributed by atoms with Crippen molar-refractivity contribution < 1.29 is 19.0 Å². The third kappa shape index (κ3) is 3.52. The number of thioether (sulfide) groups is 1. The Morgan fingerprint density at radius 3 is 2.59 bits per heavy atom. The molecule has 0 saturated carbocycles. The fourth-order valence-electron chi connectivity index (χ4n) is 1.20. The van der Waals surface area contributed by atoms with E-state index in [4.69, 9.17) is 9.47 Å². The molecule has 0 N–H and O–H groups in total. The molecule has 1 rings (SSSR count). The van der Waals surface area contributed by atoms with Gasteiger partial charge in [0.1, 0.15) is 5.25 Å². The van der Waals surface area contributed by atoms with Gasteiger partial charge in [0.15, 0.2) is 5.75 Å². The van der Waals surface area contributed by atoms with E-state index in [1.165, 1.54) is 33.1 Å². The largest absolute Gasteiger partial charge is 0.491 e. The summed E-state index contributed by atoms with van der Waals surface area (Å²) >= 11 is 1.35. The van der Waals surface area contributed by atoms with Gasteiger partial charge >= 0.3 is 5.97 Å². The van der Waals surface area contributed by atoms with E-state index in [0.29, 0.717) is 11.6 Å². The van der Waals surface area contributed by atoms with Crippen molar-refractivity contribution in [2.24, 2.45) is 0 Å². The summed E-state index contributed by atoms with van der Waals surface area (Å²) in [7, 11) is 4.43. The predicted octanol–water partition coefficient (Wildman–Crippen LogP) is 1.75. The van der Waals surface area contributed by atoms with Gasteiger partial charge in [-0.2, -0.15) is 0 Å². The average Bonchev–Trinajstić information content (AvgIpc) is 2.37. The number of hydrogen-bond donors (Lipinski definition) is 0. The smallest absolute Gasteiger partial charge is 0.318 e. The molecule has 0 aliphatic carbocycles. The van der Waals surface area contributed by atoms with Crippen LogP contribution in [0.3, 0.4) is 0 Å². The summed E-state index contributed by atoms with van der Waals surface area (Å²) in [6.45, 7) is 1.77. The summed E-state index contributed by atoms with van der Waals surface area (Å²) in [6, 6.07) is 1.77. The fourth-order valence-corrected chi connectivity index (χ4v) is 2.09. The van der Waals surface area contributed by atoms with Crippen LogP contribution in [0.4, 0.5) is 0 Å². The van der Waals surface area contributed by atoms with E-state index in [-0.39, 0.29) is 11.2 Å². The van der Waals surface area contributed by atoms with Crippen LogP contribution < -0.4 is 9.47 Å². The van der Waals surface area contributed by atoms with E-state index in [2.05, 4.69) is 9.72 Å². The number of carbonyl (C=O) groups excluding carboxylic acids is 1. The Bertz CT molecular complexity index is 397. The van der Waals surface area contributed by atoms with Gasteiger partial charge in [-0.3, -0.25) is 4.79 Å². The minimum Gasteiger partial charge on any atom is -0.491 e. The number of rotatable bonds is 5. The number of nitrogens with zero attached hydrogens (tertiary/aromatic N) is 1. The maximum Gasteiger partial charge on any atom is 0.318 e. The van der Waals surface area contributed by atoms with E-state index in [0.717, 1.165) is 4.90 Å². The monoisotopic (exact) mass is 257 g/mol. The van der Waals surface area contributed by atoms with Crippen LogP contribution in [0, 0.1) is 0 Å². The normalized spacial score (nSPS) is 11.8. The molecule has 0 saturated heterocycles. The first-order valence-electron chi connectivity index (χ1n) is 4.94. The van der Waals surface area contributed by atoms with E-state index in [9.17, 15) is 4.79 Å². The lowest BCUT2D eigenvalue weighted by molar-refractivity contribution is -0.139. The fraction of sp³-hybridized carbons (Fsp3) is 0.455. The third-order valence-electron chi connectivity index (χ3n) is 2.05. The Hall–Kier alpha value is -1.43. The summed E-state index contributed by atoms with van der Waals surface area (Å²) in [5.41, 5.74) is 0. The van der Waals surface area contributed by atoms with Gasteiger partial charge in [0.25, 0.3) is 5.88 Å². The van der Waals surface area contributed by atoms with Gasteiger partial charge in [0, 0.05) is 17.2 Å². The minimum atomic E-state index is -0.292. The molecule has 0 aliphatic heterocycles. The lowest BCUT2D eigenvalue weighted by Crippen LogP contribution is -2.14. The Balaban J connectivity index is 2.82. The van der Waals surface area contributed by atoms with Crippen LogP contribution in [-0.2, 0) is 9.53 Å². The molecule has 0 amide bonds. The molecule has 1 heterocycles. The van der Waals surface area contributed by atoms with Crippen LogP contribution in [0.5, 0.6) is 11.6 Å². The molecule has 5 nitrogen and oxygen atoms in total. The van der Waals surface area contributed by atoms with Gasteiger partial charge in [-0.15, -0.1) is 11.8 Å². The Kier molecular flexibility index (Phi) is 5.09. The van der Waals surface area contributed by atoms with Gasteiger partial charge in [-0.25, -0.2) is 4.98 Å². The second-order valence-electron chi connectivity index (χ2n) is 3.17. The highest BCUT2D eigenvalue weighted by molar-refractivity contribution is 8.00. The topological polar surface area (TPSA) is 57.7 Å². The molecule has 0 spiro atoms. The third-order valence-corrected chi connectivity index (χ3v) is 3.09. The second-order valence-corrected chi connectivity index (χ2v) is 4.58. The molecule has 94 valence electrons. The molecule has 17 heavy (non-hydrogen) atoms. The van der Waals surface area contributed by atoms with E-state index in [1.807, 2.05) is 0 Å². The highest BCUT2D eigenvalue weighted by atomic mass is 32.2. The number of carbonyl (C=O) groups is 1. The Labute approximate surface area is 104 Å². The number of pyridine rings is 1. The lowest BCUT2D eigenvalue weighted by Gasteiger charge is -2.11. The van der Waals surface area contributed by atoms with Gasteiger partial charge in [0.2, 0.25) is 0 Å². The second kappa shape index (κ2) is 6.34. The zero-order chi connectivity index (χ0) is 12.8. The average molecular weight is 257 g/mol. The maximum absolute atomic E-state index is 11.3. The van der Waals surface area contributed by atoms with Gasteiger partial charge in [-0.05, 0) is 6.92 Å². The summed E-state index contributed by atoms with van der Waals surface area (Å²) in [6.07, 6.45) is 1.63. The van der Waals surface area contributed by atoms with Crippen molar-refractivity contribution in [1.29, 1.82) is 0 Å². The van der Waals surface area contributed by atoms with Crippen LogP contribution in [0.2, 0.25) is 0 Å². The molecule has 0 fully saturated rings. The number of methoxy groups -OCH3 is 3. The molecule has 0 radical (unpaired) electrons. The van der Waals surface area contributed by atoms with Gasteiger partial charge < -0.3 is 14.2 Å².